The van der Waals surface area contributed by atoms with Crippen LogP contribution in [0.15, 0.2) is 0 Å². The van der Waals surface area contributed by atoms with Crippen molar-refractivity contribution in [2.75, 3.05) is 12.8 Å². The van der Waals surface area contributed by atoms with Crippen LogP contribution >= 0.6 is 7.37 Å². The SMILES string of the molecule is CCOP(=O)(CCC#N)C(F)F. The monoisotopic (exact) mass is 197 g/mol. The van der Waals surface area contributed by atoms with Crippen molar-refractivity contribution < 1.29 is 17.9 Å². The third kappa shape index (κ3) is 3.29. The predicted molar refractivity (Wildman–Crippen MR) is 40.3 cm³/mol. The van der Waals surface area contributed by atoms with Crippen molar-refractivity contribution in [3.8, 4) is 6.07 Å². The quantitative estimate of drug-likeness (QED) is 0.636. The maximum Gasteiger partial charge on any atom is 0.312 e. The summed E-state index contributed by atoms with van der Waals surface area (Å²) in [5.41, 5.74) is 0. The third-order valence-electron chi connectivity index (χ3n) is 1.18. The van der Waals surface area contributed by atoms with Crippen molar-refractivity contribution in [1.82, 2.24) is 0 Å². The Kier molecular flexibility index (Phi) is 5.03. The van der Waals surface area contributed by atoms with Crippen LogP contribution in [-0.4, -0.2) is 18.9 Å². The van der Waals surface area contributed by atoms with Crippen LogP contribution in [0.1, 0.15) is 13.3 Å². The number of hydrogen-bond acceptors (Lipinski definition) is 3. The second-order valence-corrected chi connectivity index (χ2v) is 4.60. The molecule has 0 rings (SSSR count). The molecule has 12 heavy (non-hydrogen) atoms. The molecule has 0 aromatic heterocycles. The van der Waals surface area contributed by atoms with Crippen molar-refractivity contribution >= 4 is 7.37 Å². The maximum absolute atomic E-state index is 12.1. The van der Waals surface area contributed by atoms with Gasteiger partial charge in [-0.05, 0) is 6.92 Å². The molecule has 0 heterocycles. The van der Waals surface area contributed by atoms with E-state index < -0.39 is 13.5 Å². The fraction of sp³-hybridized carbons (Fsp3) is 0.833. The van der Waals surface area contributed by atoms with Crippen LogP contribution in [-0.2, 0) is 9.09 Å². The third-order valence-corrected chi connectivity index (χ3v) is 3.32. The van der Waals surface area contributed by atoms with Gasteiger partial charge in [0.1, 0.15) is 0 Å². The zero-order chi connectivity index (χ0) is 9.61. The lowest BCUT2D eigenvalue weighted by molar-refractivity contribution is 0.194. The van der Waals surface area contributed by atoms with Gasteiger partial charge in [-0.15, -0.1) is 0 Å². The number of hydrogen-bond donors (Lipinski definition) is 0. The highest BCUT2D eigenvalue weighted by atomic mass is 31.2. The summed E-state index contributed by atoms with van der Waals surface area (Å²) in [5.74, 6) is 0. The van der Waals surface area contributed by atoms with Gasteiger partial charge in [-0.25, -0.2) is 0 Å². The summed E-state index contributed by atoms with van der Waals surface area (Å²) >= 11 is 0. The maximum atomic E-state index is 12.1. The first-order valence-electron chi connectivity index (χ1n) is 3.45. The van der Waals surface area contributed by atoms with E-state index in [9.17, 15) is 13.3 Å². The number of nitrogens with zero attached hydrogens (tertiary/aromatic N) is 1. The highest BCUT2D eigenvalue weighted by Gasteiger charge is 2.33. The van der Waals surface area contributed by atoms with Crippen molar-refractivity contribution in [1.29, 1.82) is 5.26 Å². The fourth-order valence-electron chi connectivity index (χ4n) is 0.643. The molecule has 0 bridgehead atoms. The summed E-state index contributed by atoms with van der Waals surface area (Å²) in [7, 11) is -3.86. The van der Waals surface area contributed by atoms with Crippen LogP contribution in [0, 0.1) is 11.3 Å². The Balaban J connectivity index is 4.21. The smallest absolute Gasteiger partial charge is 0.312 e. The molecule has 0 aliphatic heterocycles. The van der Waals surface area contributed by atoms with Crippen molar-refractivity contribution in [3.63, 3.8) is 0 Å². The second kappa shape index (κ2) is 5.23. The van der Waals surface area contributed by atoms with Crippen LogP contribution in [0.25, 0.3) is 0 Å². The summed E-state index contributed by atoms with van der Waals surface area (Å²) in [5, 5.41) is 8.11. The van der Waals surface area contributed by atoms with Crippen LogP contribution < -0.4 is 0 Å². The Bertz CT molecular complexity index is 214. The minimum absolute atomic E-state index is 0.0208. The zero-order valence-electron chi connectivity index (χ0n) is 6.67. The molecule has 0 radical (unpaired) electrons. The molecule has 0 aromatic carbocycles. The van der Waals surface area contributed by atoms with E-state index in [1.807, 2.05) is 0 Å². The van der Waals surface area contributed by atoms with Crippen LogP contribution in [0.4, 0.5) is 8.78 Å². The van der Waals surface area contributed by atoms with Gasteiger partial charge in [-0.3, -0.25) is 4.57 Å². The van der Waals surface area contributed by atoms with E-state index >= 15 is 0 Å². The molecule has 0 amide bonds. The highest BCUT2D eigenvalue weighted by Crippen LogP contribution is 2.53. The average Bonchev–Trinajstić information content (AvgIpc) is 2.01. The molecule has 0 saturated heterocycles. The molecule has 1 unspecified atom stereocenters. The Morgan fingerprint density at radius 3 is 2.58 bits per heavy atom. The number of halogens is 2. The zero-order valence-corrected chi connectivity index (χ0v) is 7.56. The number of rotatable bonds is 5. The van der Waals surface area contributed by atoms with Gasteiger partial charge in [-0.1, -0.05) is 0 Å². The van der Waals surface area contributed by atoms with Crippen molar-refractivity contribution in [3.05, 3.63) is 0 Å². The molecule has 70 valence electrons. The second-order valence-electron chi connectivity index (χ2n) is 2.05. The van der Waals surface area contributed by atoms with Gasteiger partial charge in [0.15, 0.2) is 0 Å². The number of nitriles is 1. The summed E-state index contributed by atoms with van der Waals surface area (Å²) < 4.78 is 39.8. The van der Waals surface area contributed by atoms with Crippen LogP contribution in [0.2, 0.25) is 0 Å². The van der Waals surface area contributed by atoms with E-state index in [1.165, 1.54) is 6.92 Å². The molecule has 0 aliphatic rings. The van der Waals surface area contributed by atoms with Crippen molar-refractivity contribution in [2.45, 2.75) is 19.5 Å². The first-order valence-corrected chi connectivity index (χ1v) is 5.33. The summed E-state index contributed by atoms with van der Waals surface area (Å²) in [4.78, 5) is 0. The summed E-state index contributed by atoms with van der Waals surface area (Å²) in [6, 6.07) is 1.65. The largest absolute Gasteiger partial charge is 0.325 e. The van der Waals surface area contributed by atoms with Gasteiger partial charge in [0.05, 0.1) is 12.7 Å². The highest BCUT2D eigenvalue weighted by molar-refractivity contribution is 7.59. The number of alkyl halides is 2. The van der Waals surface area contributed by atoms with E-state index in [-0.39, 0.29) is 19.2 Å². The first kappa shape index (κ1) is 11.5. The van der Waals surface area contributed by atoms with Gasteiger partial charge in [-0.2, -0.15) is 14.0 Å². The molecule has 0 spiro atoms. The van der Waals surface area contributed by atoms with E-state index in [2.05, 4.69) is 4.52 Å². The van der Waals surface area contributed by atoms with Gasteiger partial charge in [0.25, 0.3) is 7.37 Å². The summed E-state index contributed by atoms with van der Waals surface area (Å²) in [6.07, 6.45) is -3.51. The lowest BCUT2D eigenvalue weighted by Crippen LogP contribution is -2.03. The predicted octanol–water partition coefficient (Wildman–Crippen LogP) is 2.44. The topological polar surface area (TPSA) is 50.1 Å². The van der Waals surface area contributed by atoms with Crippen LogP contribution in [0.3, 0.4) is 0 Å². The van der Waals surface area contributed by atoms with E-state index in [1.54, 1.807) is 6.07 Å². The molecule has 0 N–H and O–H groups in total. The molecule has 6 heteroatoms. The van der Waals surface area contributed by atoms with Gasteiger partial charge >= 0.3 is 6.17 Å². The van der Waals surface area contributed by atoms with Crippen LogP contribution in [0.5, 0.6) is 0 Å². The Labute approximate surface area is 69.8 Å². The molecular formula is C6H10F2NO2P. The van der Waals surface area contributed by atoms with E-state index in [0.29, 0.717) is 0 Å². The molecular weight excluding hydrogens is 187 g/mol. The minimum Gasteiger partial charge on any atom is -0.325 e. The minimum atomic E-state index is -3.86. The van der Waals surface area contributed by atoms with Gasteiger partial charge < -0.3 is 4.52 Å². The van der Waals surface area contributed by atoms with Crippen molar-refractivity contribution in [2.24, 2.45) is 0 Å². The Morgan fingerprint density at radius 1 is 1.67 bits per heavy atom. The lowest BCUT2D eigenvalue weighted by Gasteiger charge is -2.14. The Hall–Kier alpha value is -0.460. The molecule has 3 nitrogen and oxygen atoms in total. The first-order chi connectivity index (χ1) is 5.56. The molecule has 0 aliphatic carbocycles. The Morgan fingerprint density at radius 2 is 2.25 bits per heavy atom. The molecule has 0 saturated carbocycles. The summed E-state index contributed by atoms with van der Waals surface area (Å²) in [6.45, 7) is 1.47. The van der Waals surface area contributed by atoms with Gasteiger partial charge in [0, 0.05) is 12.6 Å². The standard InChI is InChI=1S/C6H10F2NO2P/c1-2-11-12(10,6(7)8)5-3-4-9/h6H,2-3,5H2,1H3. The molecule has 0 aromatic rings. The fourth-order valence-corrected chi connectivity index (χ4v) is 1.93. The van der Waals surface area contributed by atoms with E-state index in [4.69, 9.17) is 5.26 Å². The van der Waals surface area contributed by atoms with E-state index in [0.717, 1.165) is 0 Å². The lowest BCUT2D eigenvalue weighted by atomic mass is 10.6. The van der Waals surface area contributed by atoms with Gasteiger partial charge in [0.2, 0.25) is 0 Å². The normalized spacial score (nSPS) is 15.6. The molecule has 0 fully saturated rings. The molecule has 1 atom stereocenters. The average molecular weight is 197 g/mol.